The summed E-state index contributed by atoms with van der Waals surface area (Å²) in [6, 6.07) is -0.109. The van der Waals surface area contributed by atoms with Crippen molar-refractivity contribution in [2.24, 2.45) is 11.8 Å². The van der Waals surface area contributed by atoms with Crippen LogP contribution in [0, 0.1) is 5.92 Å². The maximum atomic E-state index is 13.3. The number of halogens is 3. The molecule has 1 heterocycles. The van der Waals surface area contributed by atoms with Gasteiger partial charge in [0.25, 0.3) is 0 Å². The summed E-state index contributed by atoms with van der Waals surface area (Å²) < 4.78 is 28.4. The molecular formula is C13H21ClF2N4. The Kier molecular flexibility index (Phi) is 4.66. The Morgan fingerprint density at radius 2 is 2.05 bits per heavy atom. The minimum Gasteiger partial charge on any atom is -0.271 e. The lowest BCUT2D eigenvalue weighted by Crippen LogP contribution is -2.38. The van der Waals surface area contributed by atoms with Crippen molar-refractivity contribution < 1.29 is 8.78 Å². The SMILES string of the molecule is CC(C)n1ncc(Cl)c1C(NN)C1CCC(F)(F)CC1. The predicted molar refractivity (Wildman–Crippen MR) is 74.6 cm³/mol. The Morgan fingerprint density at radius 1 is 1.45 bits per heavy atom. The molecule has 1 fully saturated rings. The smallest absolute Gasteiger partial charge is 0.248 e. The summed E-state index contributed by atoms with van der Waals surface area (Å²) in [5.74, 6) is 3.17. The highest BCUT2D eigenvalue weighted by Crippen LogP contribution is 2.42. The number of alkyl halides is 2. The molecule has 0 amide bonds. The highest BCUT2D eigenvalue weighted by atomic mass is 35.5. The quantitative estimate of drug-likeness (QED) is 0.662. The zero-order valence-corrected chi connectivity index (χ0v) is 12.5. The van der Waals surface area contributed by atoms with Crippen LogP contribution in [0.25, 0.3) is 0 Å². The number of rotatable bonds is 4. The van der Waals surface area contributed by atoms with Crippen LogP contribution in [0.15, 0.2) is 6.20 Å². The summed E-state index contributed by atoms with van der Waals surface area (Å²) >= 11 is 6.21. The van der Waals surface area contributed by atoms with Gasteiger partial charge in [0.15, 0.2) is 0 Å². The monoisotopic (exact) mass is 306 g/mol. The molecule has 0 aliphatic heterocycles. The number of nitrogens with zero attached hydrogens (tertiary/aromatic N) is 2. The molecular weight excluding hydrogens is 286 g/mol. The van der Waals surface area contributed by atoms with Crippen LogP contribution in [0.3, 0.4) is 0 Å². The van der Waals surface area contributed by atoms with E-state index in [9.17, 15) is 8.78 Å². The van der Waals surface area contributed by atoms with Crippen molar-refractivity contribution in [3.8, 4) is 0 Å². The lowest BCUT2D eigenvalue weighted by Gasteiger charge is -2.34. The second kappa shape index (κ2) is 5.95. The fourth-order valence-electron chi connectivity index (χ4n) is 2.89. The Balaban J connectivity index is 2.23. The van der Waals surface area contributed by atoms with Crippen LogP contribution in [-0.2, 0) is 0 Å². The van der Waals surface area contributed by atoms with Crippen molar-refractivity contribution in [3.63, 3.8) is 0 Å². The van der Waals surface area contributed by atoms with E-state index in [1.54, 1.807) is 10.9 Å². The van der Waals surface area contributed by atoms with E-state index in [0.29, 0.717) is 17.9 Å². The molecule has 0 saturated heterocycles. The van der Waals surface area contributed by atoms with Crippen LogP contribution in [0.2, 0.25) is 5.02 Å². The van der Waals surface area contributed by atoms with E-state index in [-0.39, 0.29) is 30.8 Å². The molecule has 0 aromatic carbocycles. The molecule has 4 nitrogen and oxygen atoms in total. The van der Waals surface area contributed by atoms with E-state index in [0.717, 1.165) is 5.69 Å². The minimum atomic E-state index is -2.54. The van der Waals surface area contributed by atoms with Gasteiger partial charge in [-0.25, -0.2) is 8.78 Å². The van der Waals surface area contributed by atoms with Gasteiger partial charge in [-0.1, -0.05) is 11.6 Å². The van der Waals surface area contributed by atoms with E-state index in [1.807, 2.05) is 13.8 Å². The van der Waals surface area contributed by atoms with E-state index in [4.69, 9.17) is 17.4 Å². The zero-order valence-electron chi connectivity index (χ0n) is 11.7. The van der Waals surface area contributed by atoms with Crippen molar-refractivity contribution in [1.29, 1.82) is 0 Å². The minimum absolute atomic E-state index is 0.0475. The van der Waals surface area contributed by atoms with Gasteiger partial charge in [0.2, 0.25) is 5.92 Å². The molecule has 114 valence electrons. The van der Waals surface area contributed by atoms with E-state index in [2.05, 4.69) is 10.5 Å². The number of aromatic nitrogens is 2. The third kappa shape index (κ3) is 3.13. The van der Waals surface area contributed by atoms with Gasteiger partial charge in [0.05, 0.1) is 23.0 Å². The summed E-state index contributed by atoms with van der Waals surface area (Å²) in [5, 5.41) is 4.78. The summed E-state index contributed by atoms with van der Waals surface area (Å²) in [6.45, 7) is 3.99. The van der Waals surface area contributed by atoms with Crippen LogP contribution in [0.1, 0.15) is 57.3 Å². The molecule has 0 radical (unpaired) electrons. The van der Waals surface area contributed by atoms with Gasteiger partial charge in [-0.15, -0.1) is 0 Å². The lowest BCUT2D eigenvalue weighted by atomic mass is 9.81. The van der Waals surface area contributed by atoms with E-state index in [1.165, 1.54) is 0 Å². The first-order valence-electron chi connectivity index (χ1n) is 6.92. The van der Waals surface area contributed by atoms with Crippen molar-refractivity contribution in [1.82, 2.24) is 15.2 Å². The maximum absolute atomic E-state index is 13.3. The Bertz CT molecular complexity index is 451. The van der Waals surface area contributed by atoms with Gasteiger partial charge in [-0.2, -0.15) is 5.10 Å². The Hall–Kier alpha value is -0.720. The highest BCUT2D eigenvalue weighted by Gasteiger charge is 2.39. The molecule has 0 spiro atoms. The van der Waals surface area contributed by atoms with Gasteiger partial charge in [0.1, 0.15) is 0 Å². The molecule has 1 unspecified atom stereocenters. The average molecular weight is 307 g/mol. The standard InChI is InChI=1S/C13H21ClF2N4/c1-8(2)20-12(10(14)7-18-20)11(19-17)9-3-5-13(15,16)6-4-9/h7-9,11,19H,3-6,17H2,1-2H3. The van der Waals surface area contributed by atoms with Crippen LogP contribution in [-0.4, -0.2) is 15.7 Å². The Labute approximate surface area is 122 Å². The molecule has 1 aliphatic rings. The van der Waals surface area contributed by atoms with Crippen molar-refractivity contribution >= 4 is 11.6 Å². The summed E-state index contributed by atoms with van der Waals surface area (Å²) in [6.07, 6.45) is 2.26. The fraction of sp³-hybridized carbons (Fsp3) is 0.769. The number of hydrogen-bond acceptors (Lipinski definition) is 3. The molecule has 2 rings (SSSR count). The summed E-state index contributed by atoms with van der Waals surface area (Å²) in [7, 11) is 0. The molecule has 1 aromatic rings. The van der Waals surface area contributed by atoms with Crippen LogP contribution in [0.5, 0.6) is 0 Å². The molecule has 3 N–H and O–H groups in total. The molecule has 1 atom stereocenters. The number of nitrogens with one attached hydrogen (secondary N) is 1. The van der Waals surface area contributed by atoms with Gasteiger partial charge in [-0.3, -0.25) is 16.0 Å². The number of hydrazine groups is 1. The molecule has 1 aliphatic carbocycles. The van der Waals surface area contributed by atoms with Gasteiger partial charge < -0.3 is 0 Å². The Morgan fingerprint density at radius 3 is 2.55 bits per heavy atom. The van der Waals surface area contributed by atoms with Crippen molar-refractivity contribution in [2.45, 2.75) is 57.5 Å². The largest absolute Gasteiger partial charge is 0.271 e. The lowest BCUT2D eigenvalue weighted by molar-refractivity contribution is -0.0501. The average Bonchev–Trinajstić information content (AvgIpc) is 2.75. The van der Waals surface area contributed by atoms with Crippen molar-refractivity contribution in [3.05, 3.63) is 16.9 Å². The first-order chi connectivity index (χ1) is 9.35. The van der Waals surface area contributed by atoms with Gasteiger partial charge in [-0.05, 0) is 32.6 Å². The van der Waals surface area contributed by atoms with Crippen LogP contribution in [0.4, 0.5) is 8.78 Å². The highest BCUT2D eigenvalue weighted by molar-refractivity contribution is 6.31. The second-order valence-electron chi connectivity index (χ2n) is 5.75. The first kappa shape index (κ1) is 15.7. The third-order valence-electron chi connectivity index (χ3n) is 3.98. The van der Waals surface area contributed by atoms with Gasteiger partial charge >= 0.3 is 0 Å². The van der Waals surface area contributed by atoms with Crippen LogP contribution >= 0.6 is 11.6 Å². The summed E-state index contributed by atoms with van der Waals surface area (Å²) in [4.78, 5) is 0. The second-order valence-corrected chi connectivity index (χ2v) is 6.16. The normalized spacial score (nSPS) is 21.4. The van der Waals surface area contributed by atoms with Crippen LogP contribution < -0.4 is 11.3 Å². The first-order valence-corrected chi connectivity index (χ1v) is 7.30. The summed E-state index contributed by atoms with van der Waals surface area (Å²) in [5.41, 5.74) is 3.54. The molecule has 1 aromatic heterocycles. The number of nitrogens with two attached hydrogens (primary N) is 1. The zero-order chi connectivity index (χ0) is 14.9. The molecule has 0 bridgehead atoms. The maximum Gasteiger partial charge on any atom is 0.248 e. The van der Waals surface area contributed by atoms with Crippen molar-refractivity contribution in [2.75, 3.05) is 0 Å². The molecule has 20 heavy (non-hydrogen) atoms. The van der Waals surface area contributed by atoms with Gasteiger partial charge in [0, 0.05) is 18.9 Å². The predicted octanol–water partition coefficient (Wildman–Crippen LogP) is 3.45. The fourth-order valence-corrected chi connectivity index (χ4v) is 3.14. The van der Waals surface area contributed by atoms with E-state index < -0.39 is 5.92 Å². The van der Waals surface area contributed by atoms with E-state index >= 15 is 0 Å². The number of hydrogen-bond donors (Lipinski definition) is 2. The molecule has 1 saturated carbocycles. The topological polar surface area (TPSA) is 55.9 Å². The molecule has 7 heteroatoms. The third-order valence-corrected chi connectivity index (χ3v) is 4.27.